The normalized spacial score (nSPS) is 20.6. The first-order valence-corrected chi connectivity index (χ1v) is 7.98. The summed E-state index contributed by atoms with van der Waals surface area (Å²) in [5.74, 6) is 0. The third kappa shape index (κ3) is 2.56. The van der Waals surface area contributed by atoms with E-state index in [0.29, 0.717) is 0 Å². The minimum absolute atomic E-state index is 0.0393. The van der Waals surface area contributed by atoms with Gasteiger partial charge in [-0.15, -0.1) is 0 Å². The first-order valence-electron chi connectivity index (χ1n) is 6.90. The number of para-hydroxylation sites is 1. The monoisotopic (exact) mass is 379 g/mol. The van der Waals surface area contributed by atoms with Crippen molar-refractivity contribution in [3.05, 3.63) is 63.2 Å². The summed E-state index contributed by atoms with van der Waals surface area (Å²) < 4.78 is 1.18. The number of benzene rings is 2. The molecule has 3 heteroatoms. The average Bonchev–Trinajstić information content (AvgIpc) is 2.47. The van der Waals surface area contributed by atoms with Crippen LogP contribution in [0.3, 0.4) is 0 Å². The lowest BCUT2D eigenvalue weighted by molar-refractivity contribution is 0.0322. The number of hydrogen-bond donors (Lipinski definition) is 2. The van der Waals surface area contributed by atoms with Gasteiger partial charge in [0.25, 0.3) is 0 Å². The molecule has 0 bridgehead atoms. The second-order valence-corrected chi connectivity index (χ2v) is 6.79. The fourth-order valence-electron chi connectivity index (χ4n) is 2.85. The molecule has 2 unspecified atom stereocenters. The van der Waals surface area contributed by atoms with Crippen molar-refractivity contribution in [2.45, 2.75) is 31.4 Å². The van der Waals surface area contributed by atoms with Crippen molar-refractivity contribution in [2.24, 2.45) is 0 Å². The van der Waals surface area contributed by atoms with Crippen molar-refractivity contribution in [1.29, 1.82) is 0 Å². The molecule has 3 rings (SSSR count). The van der Waals surface area contributed by atoms with Gasteiger partial charge in [-0.25, -0.2) is 0 Å². The topological polar surface area (TPSA) is 32.3 Å². The molecule has 104 valence electrons. The van der Waals surface area contributed by atoms with Gasteiger partial charge in [-0.3, -0.25) is 0 Å². The molecule has 0 spiro atoms. The SMILES string of the molecule is CC(O)(c1ccc(I)cc1)C1CCc2ccccc2N1. The Labute approximate surface area is 133 Å². The molecule has 0 aromatic heterocycles. The highest BCUT2D eigenvalue weighted by Crippen LogP contribution is 2.34. The number of nitrogens with one attached hydrogen (secondary N) is 1. The Morgan fingerprint density at radius 1 is 1.15 bits per heavy atom. The molecule has 2 N–H and O–H groups in total. The predicted octanol–water partition coefficient (Wildman–Crippen LogP) is 3.93. The third-order valence-electron chi connectivity index (χ3n) is 4.16. The Balaban J connectivity index is 1.88. The van der Waals surface area contributed by atoms with Crippen LogP contribution in [0.2, 0.25) is 0 Å². The van der Waals surface area contributed by atoms with Crippen LogP contribution in [0.1, 0.15) is 24.5 Å². The van der Waals surface area contributed by atoms with Gasteiger partial charge in [0.05, 0.1) is 6.04 Å². The van der Waals surface area contributed by atoms with Crippen molar-refractivity contribution < 1.29 is 5.11 Å². The Hall–Kier alpha value is -1.07. The minimum Gasteiger partial charge on any atom is -0.383 e. The average molecular weight is 379 g/mol. The van der Waals surface area contributed by atoms with Crippen LogP contribution in [-0.4, -0.2) is 11.1 Å². The largest absolute Gasteiger partial charge is 0.383 e. The molecule has 1 aliphatic rings. The molecular formula is C17H18INO. The van der Waals surface area contributed by atoms with E-state index in [1.165, 1.54) is 9.13 Å². The summed E-state index contributed by atoms with van der Waals surface area (Å²) in [6.45, 7) is 1.90. The number of hydrogen-bond acceptors (Lipinski definition) is 2. The zero-order valence-corrected chi connectivity index (χ0v) is 13.6. The molecule has 0 amide bonds. The maximum atomic E-state index is 11.0. The van der Waals surface area contributed by atoms with E-state index in [9.17, 15) is 5.11 Å². The lowest BCUT2D eigenvalue weighted by Gasteiger charge is -2.38. The van der Waals surface area contributed by atoms with Crippen molar-refractivity contribution in [3.63, 3.8) is 0 Å². The number of anilines is 1. The molecule has 0 saturated heterocycles. The Kier molecular flexibility index (Phi) is 3.73. The van der Waals surface area contributed by atoms with Gasteiger partial charge >= 0.3 is 0 Å². The maximum Gasteiger partial charge on any atom is 0.107 e. The van der Waals surface area contributed by atoms with Gasteiger partial charge in [0.15, 0.2) is 0 Å². The molecule has 0 saturated carbocycles. The Bertz CT molecular complexity index is 607. The molecule has 1 heterocycles. The molecule has 0 aliphatic carbocycles. The van der Waals surface area contributed by atoms with Gasteiger partial charge in [0.1, 0.15) is 5.60 Å². The third-order valence-corrected chi connectivity index (χ3v) is 4.88. The number of fused-ring (bicyclic) bond motifs is 1. The van der Waals surface area contributed by atoms with E-state index in [0.717, 1.165) is 24.1 Å². The molecule has 1 aliphatic heterocycles. The van der Waals surface area contributed by atoms with Crippen LogP contribution in [0.25, 0.3) is 0 Å². The van der Waals surface area contributed by atoms with Crippen LogP contribution in [-0.2, 0) is 12.0 Å². The van der Waals surface area contributed by atoms with Crippen LogP contribution in [0.4, 0.5) is 5.69 Å². The van der Waals surface area contributed by atoms with Gasteiger partial charge in [-0.2, -0.15) is 0 Å². The Morgan fingerprint density at radius 2 is 1.85 bits per heavy atom. The van der Waals surface area contributed by atoms with Crippen molar-refractivity contribution >= 4 is 28.3 Å². The van der Waals surface area contributed by atoms with E-state index in [2.05, 4.69) is 46.1 Å². The van der Waals surface area contributed by atoms with Crippen molar-refractivity contribution in [3.8, 4) is 0 Å². The van der Waals surface area contributed by atoms with Gasteiger partial charge in [0, 0.05) is 9.26 Å². The van der Waals surface area contributed by atoms with Gasteiger partial charge in [-0.1, -0.05) is 30.3 Å². The molecule has 0 radical (unpaired) electrons. The van der Waals surface area contributed by atoms with Crippen LogP contribution >= 0.6 is 22.6 Å². The van der Waals surface area contributed by atoms with Crippen LogP contribution in [0, 0.1) is 3.57 Å². The van der Waals surface area contributed by atoms with E-state index in [1.54, 1.807) is 0 Å². The van der Waals surface area contributed by atoms with E-state index in [4.69, 9.17) is 0 Å². The molecule has 2 nitrogen and oxygen atoms in total. The van der Waals surface area contributed by atoms with Crippen LogP contribution in [0.15, 0.2) is 48.5 Å². The summed E-state index contributed by atoms with van der Waals surface area (Å²) in [6, 6.07) is 16.5. The number of rotatable bonds is 2. The highest BCUT2D eigenvalue weighted by molar-refractivity contribution is 14.1. The summed E-state index contributed by atoms with van der Waals surface area (Å²) in [6.07, 6.45) is 1.95. The van der Waals surface area contributed by atoms with Crippen molar-refractivity contribution in [1.82, 2.24) is 0 Å². The number of halogens is 1. The molecule has 2 aromatic rings. The lowest BCUT2D eigenvalue weighted by atomic mass is 9.82. The van der Waals surface area contributed by atoms with Crippen molar-refractivity contribution in [2.75, 3.05) is 5.32 Å². The number of aryl methyl sites for hydroxylation is 1. The smallest absolute Gasteiger partial charge is 0.107 e. The van der Waals surface area contributed by atoms with Gasteiger partial charge in [0.2, 0.25) is 0 Å². The molecule has 0 fully saturated rings. The summed E-state index contributed by atoms with van der Waals surface area (Å²) in [5.41, 5.74) is 2.59. The van der Waals surface area contributed by atoms with Gasteiger partial charge in [-0.05, 0) is 71.7 Å². The standard InChI is InChI=1S/C17H18INO/c1-17(20,13-7-9-14(18)10-8-13)16-11-6-12-4-2-3-5-15(12)19-16/h2-5,7-10,16,19-20H,6,11H2,1H3. The summed E-state index contributed by atoms with van der Waals surface area (Å²) in [5, 5.41) is 14.5. The number of aliphatic hydroxyl groups is 1. The van der Waals surface area contributed by atoms with E-state index < -0.39 is 5.60 Å². The highest BCUT2D eigenvalue weighted by atomic mass is 127. The summed E-state index contributed by atoms with van der Waals surface area (Å²) >= 11 is 2.28. The zero-order chi connectivity index (χ0) is 14.2. The quantitative estimate of drug-likeness (QED) is 0.776. The maximum absolute atomic E-state index is 11.0. The molecule has 2 aromatic carbocycles. The fourth-order valence-corrected chi connectivity index (χ4v) is 3.21. The van der Waals surface area contributed by atoms with E-state index >= 15 is 0 Å². The first-order chi connectivity index (χ1) is 9.57. The molecular weight excluding hydrogens is 361 g/mol. The Morgan fingerprint density at radius 3 is 2.60 bits per heavy atom. The van der Waals surface area contributed by atoms with E-state index in [-0.39, 0.29) is 6.04 Å². The molecule has 2 atom stereocenters. The lowest BCUT2D eigenvalue weighted by Crippen LogP contribution is -2.44. The predicted molar refractivity (Wildman–Crippen MR) is 90.9 cm³/mol. The summed E-state index contributed by atoms with van der Waals surface area (Å²) in [4.78, 5) is 0. The first kappa shape index (κ1) is 13.9. The summed E-state index contributed by atoms with van der Waals surface area (Å²) in [7, 11) is 0. The van der Waals surface area contributed by atoms with Crippen LogP contribution < -0.4 is 5.32 Å². The van der Waals surface area contributed by atoms with E-state index in [1.807, 2.05) is 37.3 Å². The second-order valence-electron chi connectivity index (χ2n) is 5.55. The highest BCUT2D eigenvalue weighted by Gasteiger charge is 2.35. The second kappa shape index (κ2) is 5.37. The minimum atomic E-state index is -0.863. The fraction of sp³-hybridized carbons (Fsp3) is 0.294. The van der Waals surface area contributed by atoms with Crippen LogP contribution in [0.5, 0.6) is 0 Å². The molecule has 20 heavy (non-hydrogen) atoms. The van der Waals surface area contributed by atoms with Gasteiger partial charge < -0.3 is 10.4 Å². The zero-order valence-electron chi connectivity index (χ0n) is 11.4.